The van der Waals surface area contributed by atoms with E-state index in [-0.39, 0.29) is 0 Å². The van der Waals surface area contributed by atoms with Gasteiger partial charge in [-0.2, -0.15) is 5.10 Å². The molecule has 1 aromatic heterocycles. The van der Waals surface area contributed by atoms with E-state index in [0.29, 0.717) is 0 Å². The summed E-state index contributed by atoms with van der Waals surface area (Å²) in [6, 6.07) is 27.3. The highest BCUT2D eigenvalue weighted by molar-refractivity contribution is 5.94. The molecule has 0 bridgehead atoms. The second-order valence-electron chi connectivity index (χ2n) is 5.63. The van der Waals surface area contributed by atoms with Crippen molar-refractivity contribution in [1.82, 2.24) is 9.78 Å². The van der Waals surface area contributed by atoms with Crippen molar-refractivity contribution in [3.8, 4) is 16.9 Å². The maximum Gasteiger partial charge on any atom is 0.0934 e. The molecule has 0 aliphatic carbocycles. The third-order valence-electron chi connectivity index (χ3n) is 4.23. The van der Waals surface area contributed by atoms with Crippen molar-refractivity contribution in [2.24, 2.45) is 0 Å². The van der Waals surface area contributed by atoms with Crippen LogP contribution in [0.3, 0.4) is 0 Å². The number of rotatable bonds is 3. The van der Waals surface area contributed by atoms with Gasteiger partial charge >= 0.3 is 0 Å². The highest BCUT2D eigenvalue weighted by Crippen LogP contribution is 2.31. The zero-order chi connectivity index (χ0) is 15.6. The maximum atomic E-state index is 4.88. The molecule has 4 rings (SSSR count). The van der Waals surface area contributed by atoms with Crippen LogP contribution in [0.2, 0.25) is 0 Å². The van der Waals surface area contributed by atoms with E-state index in [4.69, 9.17) is 5.10 Å². The summed E-state index contributed by atoms with van der Waals surface area (Å²) in [5.74, 6) is 0. The molecular formula is C21H18N2. The minimum absolute atomic E-state index is 0.987. The van der Waals surface area contributed by atoms with Gasteiger partial charge in [-0.15, -0.1) is 0 Å². The zero-order valence-electron chi connectivity index (χ0n) is 13.1. The van der Waals surface area contributed by atoms with Crippen LogP contribution < -0.4 is 0 Å². The van der Waals surface area contributed by atoms with Crippen LogP contribution in [0.5, 0.6) is 0 Å². The molecule has 0 saturated heterocycles. The molecule has 0 atom stereocenters. The van der Waals surface area contributed by atoms with E-state index in [1.807, 2.05) is 12.1 Å². The molecule has 0 spiro atoms. The normalized spacial score (nSPS) is 11.0. The predicted molar refractivity (Wildman–Crippen MR) is 95.9 cm³/mol. The van der Waals surface area contributed by atoms with Crippen molar-refractivity contribution < 1.29 is 0 Å². The topological polar surface area (TPSA) is 17.8 Å². The highest BCUT2D eigenvalue weighted by atomic mass is 15.3. The maximum absolute atomic E-state index is 4.88. The van der Waals surface area contributed by atoms with Gasteiger partial charge in [-0.1, -0.05) is 73.7 Å². The lowest BCUT2D eigenvalue weighted by Crippen LogP contribution is -2.02. The summed E-state index contributed by atoms with van der Waals surface area (Å²) < 4.78 is 2.10. The molecule has 0 radical (unpaired) electrons. The Bertz CT molecular complexity index is 952. The molecule has 4 aromatic rings. The standard InChI is InChI=1S/C21H18N2/c1-2-16-10-6-9-15-20(16)23-21(17-11-4-3-5-12-17)18-13-7-8-14-19(18)22-23/h3-15H,2H2,1H3. The van der Waals surface area contributed by atoms with Gasteiger partial charge < -0.3 is 0 Å². The quantitative estimate of drug-likeness (QED) is 0.505. The first kappa shape index (κ1) is 13.8. The van der Waals surface area contributed by atoms with E-state index < -0.39 is 0 Å². The Balaban J connectivity index is 2.07. The average molecular weight is 298 g/mol. The van der Waals surface area contributed by atoms with Crippen LogP contribution >= 0.6 is 0 Å². The lowest BCUT2D eigenvalue weighted by molar-refractivity contribution is 0.884. The van der Waals surface area contributed by atoms with Crippen LogP contribution in [0.15, 0.2) is 78.9 Å². The van der Waals surface area contributed by atoms with Crippen LogP contribution in [-0.4, -0.2) is 9.78 Å². The summed E-state index contributed by atoms with van der Waals surface area (Å²) >= 11 is 0. The molecule has 0 amide bonds. The Morgan fingerprint density at radius 3 is 2.30 bits per heavy atom. The molecule has 3 aromatic carbocycles. The van der Waals surface area contributed by atoms with E-state index in [9.17, 15) is 0 Å². The fourth-order valence-corrected chi connectivity index (χ4v) is 3.10. The fourth-order valence-electron chi connectivity index (χ4n) is 3.10. The van der Waals surface area contributed by atoms with Gasteiger partial charge in [0, 0.05) is 10.9 Å². The van der Waals surface area contributed by atoms with E-state index in [1.165, 1.54) is 16.5 Å². The number of nitrogens with zero attached hydrogens (tertiary/aromatic N) is 2. The summed E-state index contributed by atoms with van der Waals surface area (Å²) in [4.78, 5) is 0. The Morgan fingerprint density at radius 1 is 0.783 bits per heavy atom. The Labute approximate surface area is 136 Å². The molecule has 0 aliphatic rings. The molecule has 23 heavy (non-hydrogen) atoms. The third-order valence-corrected chi connectivity index (χ3v) is 4.23. The van der Waals surface area contributed by atoms with Gasteiger partial charge in [0.15, 0.2) is 0 Å². The molecular weight excluding hydrogens is 280 g/mol. The summed E-state index contributed by atoms with van der Waals surface area (Å²) in [7, 11) is 0. The van der Waals surface area contributed by atoms with Gasteiger partial charge in [0.2, 0.25) is 0 Å². The fraction of sp³-hybridized carbons (Fsp3) is 0.0952. The molecule has 2 nitrogen and oxygen atoms in total. The smallest absolute Gasteiger partial charge is 0.0934 e. The average Bonchev–Trinajstić information content (AvgIpc) is 3.01. The zero-order valence-corrected chi connectivity index (χ0v) is 13.1. The first-order chi connectivity index (χ1) is 11.4. The van der Waals surface area contributed by atoms with Crippen LogP contribution in [0.1, 0.15) is 12.5 Å². The third kappa shape index (κ3) is 2.33. The summed E-state index contributed by atoms with van der Waals surface area (Å²) in [5.41, 5.74) is 5.83. The molecule has 0 unspecified atom stereocenters. The minimum atomic E-state index is 0.987. The number of benzene rings is 3. The monoisotopic (exact) mass is 298 g/mol. The molecule has 2 heteroatoms. The summed E-state index contributed by atoms with van der Waals surface area (Å²) in [6.07, 6.45) is 0.987. The molecule has 0 saturated carbocycles. The van der Waals surface area contributed by atoms with Crippen LogP contribution in [0.25, 0.3) is 27.8 Å². The van der Waals surface area contributed by atoms with Gasteiger partial charge in [0.1, 0.15) is 0 Å². The number of fused-ring (bicyclic) bond motifs is 1. The largest absolute Gasteiger partial charge is 0.232 e. The number of hydrogen-bond donors (Lipinski definition) is 0. The van der Waals surface area contributed by atoms with Crippen molar-refractivity contribution in [2.75, 3.05) is 0 Å². The van der Waals surface area contributed by atoms with Crippen molar-refractivity contribution in [1.29, 1.82) is 0 Å². The van der Waals surface area contributed by atoms with Crippen molar-refractivity contribution in [3.63, 3.8) is 0 Å². The SMILES string of the molecule is CCc1ccccc1-n1nc2ccccc2c1-c1ccccc1. The second-order valence-corrected chi connectivity index (χ2v) is 5.63. The van der Waals surface area contributed by atoms with Gasteiger partial charge in [-0.25, -0.2) is 4.68 Å². The van der Waals surface area contributed by atoms with Crippen LogP contribution in [-0.2, 0) is 6.42 Å². The Morgan fingerprint density at radius 2 is 1.48 bits per heavy atom. The van der Waals surface area contributed by atoms with Crippen molar-refractivity contribution in [3.05, 3.63) is 84.4 Å². The number of aryl methyl sites for hydroxylation is 1. The van der Waals surface area contributed by atoms with Crippen molar-refractivity contribution in [2.45, 2.75) is 13.3 Å². The number of hydrogen-bond acceptors (Lipinski definition) is 1. The van der Waals surface area contributed by atoms with Gasteiger partial charge in [-0.05, 0) is 24.1 Å². The van der Waals surface area contributed by atoms with Gasteiger partial charge in [0.25, 0.3) is 0 Å². The summed E-state index contributed by atoms with van der Waals surface area (Å²) in [5, 5.41) is 6.07. The van der Waals surface area contributed by atoms with Crippen LogP contribution in [0, 0.1) is 0 Å². The molecule has 112 valence electrons. The highest BCUT2D eigenvalue weighted by Gasteiger charge is 2.15. The van der Waals surface area contributed by atoms with Crippen LogP contribution in [0.4, 0.5) is 0 Å². The minimum Gasteiger partial charge on any atom is -0.232 e. The lowest BCUT2D eigenvalue weighted by atomic mass is 10.1. The molecule has 0 N–H and O–H groups in total. The molecule has 0 aliphatic heterocycles. The van der Waals surface area contributed by atoms with E-state index >= 15 is 0 Å². The Kier molecular flexibility index (Phi) is 3.43. The number of para-hydroxylation sites is 1. The summed E-state index contributed by atoms with van der Waals surface area (Å²) in [6.45, 7) is 2.18. The van der Waals surface area contributed by atoms with Crippen molar-refractivity contribution >= 4 is 10.9 Å². The first-order valence-corrected chi connectivity index (χ1v) is 8.00. The van der Waals surface area contributed by atoms with Gasteiger partial charge in [-0.3, -0.25) is 0 Å². The number of aromatic nitrogens is 2. The van der Waals surface area contributed by atoms with Gasteiger partial charge in [0.05, 0.1) is 16.9 Å². The lowest BCUT2D eigenvalue weighted by Gasteiger charge is -2.12. The first-order valence-electron chi connectivity index (χ1n) is 8.00. The van der Waals surface area contributed by atoms with E-state index in [1.54, 1.807) is 0 Å². The molecule has 1 heterocycles. The Hall–Kier alpha value is -2.87. The predicted octanol–water partition coefficient (Wildman–Crippen LogP) is 5.25. The van der Waals surface area contributed by atoms with E-state index in [0.717, 1.165) is 23.3 Å². The van der Waals surface area contributed by atoms with E-state index in [2.05, 4.69) is 78.3 Å². The second kappa shape index (κ2) is 5.73. The molecule has 0 fully saturated rings.